The van der Waals surface area contributed by atoms with Crippen LogP contribution in [0.25, 0.3) is 0 Å². The highest BCUT2D eigenvalue weighted by Gasteiger charge is 2.24. The largest absolute Gasteiger partial charge is 0.328 e. The molecule has 14 heavy (non-hydrogen) atoms. The van der Waals surface area contributed by atoms with Crippen LogP contribution in [0.3, 0.4) is 0 Å². The Morgan fingerprint density at radius 1 is 1.50 bits per heavy atom. The molecule has 1 aromatic heterocycles. The van der Waals surface area contributed by atoms with Crippen LogP contribution in [0.2, 0.25) is 0 Å². The first-order chi connectivity index (χ1) is 6.59. The first-order valence-corrected chi connectivity index (χ1v) is 5.35. The fraction of sp³-hybridized carbons (Fsp3) is 0.727. The van der Waals surface area contributed by atoms with Crippen LogP contribution < -0.4 is 5.32 Å². The third-order valence-corrected chi connectivity index (χ3v) is 2.81. The Kier molecular flexibility index (Phi) is 2.35. The van der Waals surface area contributed by atoms with Gasteiger partial charge < -0.3 is 9.88 Å². The van der Waals surface area contributed by atoms with Crippen molar-refractivity contribution in [2.24, 2.45) is 0 Å². The summed E-state index contributed by atoms with van der Waals surface area (Å²) >= 11 is 0. The molecular weight excluding hydrogens is 174 g/mol. The van der Waals surface area contributed by atoms with Crippen molar-refractivity contribution < 1.29 is 0 Å². The molecule has 3 nitrogen and oxygen atoms in total. The van der Waals surface area contributed by atoms with Crippen molar-refractivity contribution >= 4 is 0 Å². The van der Waals surface area contributed by atoms with E-state index in [1.807, 2.05) is 12.5 Å². The van der Waals surface area contributed by atoms with Crippen LogP contribution in [0.4, 0.5) is 0 Å². The lowest BCUT2D eigenvalue weighted by atomic mass is 10.1. The first-order valence-electron chi connectivity index (χ1n) is 5.35. The van der Waals surface area contributed by atoms with Crippen LogP contribution in [-0.2, 0) is 5.54 Å². The van der Waals surface area contributed by atoms with Gasteiger partial charge in [0, 0.05) is 17.8 Å². The van der Waals surface area contributed by atoms with Gasteiger partial charge >= 0.3 is 0 Å². The Balaban J connectivity index is 2.29. The molecule has 0 aromatic carbocycles. The van der Waals surface area contributed by atoms with Gasteiger partial charge in [-0.05, 0) is 40.2 Å². The zero-order chi connectivity index (χ0) is 10.2. The van der Waals surface area contributed by atoms with E-state index in [0.29, 0.717) is 6.04 Å². The van der Waals surface area contributed by atoms with Crippen LogP contribution >= 0.6 is 0 Å². The molecule has 78 valence electrons. The van der Waals surface area contributed by atoms with Gasteiger partial charge in [0.2, 0.25) is 0 Å². The highest BCUT2D eigenvalue weighted by Crippen LogP contribution is 2.26. The standard InChI is InChI=1S/C11H19N3/c1-11(2,3)14-8-12-7-10(14)9-5-4-6-13-9/h7-9,13H,4-6H2,1-3H3. The summed E-state index contributed by atoms with van der Waals surface area (Å²) in [5.74, 6) is 0. The molecule has 1 aromatic rings. The predicted octanol–water partition coefficient (Wildman–Crippen LogP) is 2.06. The Bertz CT molecular complexity index is 303. The van der Waals surface area contributed by atoms with E-state index in [-0.39, 0.29) is 5.54 Å². The third-order valence-electron chi connectivity index (χ3n) is 2.81. The minimum atomic E-state index is 0.135. The van der Waals surface area contributed by atoms with E-state index < -0.39 is 0 Å². The quantitative estimate of drug-likeness (QED) is 0.740. The van der Waals surface area contributed by atoms with Crippen LogP contribution in [0.15, 0.2) is 12.5 Å². The summed E-state index contributed by atoms with van der Waals surface area (Å²) in [7, 11) is 0. The van der Waals surface area contributed by atoms with Gasteiger partial charge in [-0.15, -0.1) is 0 Å². The van der Waals surface area contributed by atoms with Crippen LogP contribution in [0.5, 0.6) is 0 Å². The van der Waals surface area contributed by atoms with Crippen molar-refractivity contribution in [2.45, 2.75) is 45.2 Å². The van der Waals surface area contributed by atoms with E-state index in [9.17, 15) is 0 Å². The van der Waals surface area contributed by atoms with Gasteiger partial charge in [0.15, 0.2) is 0 Å². The summed E-state index contributed by atoms with van der Waals surface area (Å²) < 4.78 is 2.27. The molecule has 1 aliphatic rings. The molecule has 0 saturated carbocycles. The van der Waals surface area contributed by atoms with Gasteiger partial charge in [-0.3, -0.25) is 0 Å². The van der Waals surface area contributed by atoms with Crippen molar-refractivity contribution in [3.05, 3.63) is 18.2 Å². The summed E-state index contributed by atoms with van der Waals surface area (Å²) in [5, 5.41) is 3.51. The summed E-state index contributed by atoms with van der Waals surface area (Å²) in [6.07, 6.45) is 6.45. The zero-order valence-corrected chi connectivity index (χ0v) is 9.25. The van der Waals surface area contributed by atoms with E-state index in [1.165, 1.54) is 18.5 Å². The highest BCUT2D eigenvalue weighted by atomic mass is 15.1. The maximum atomic E-state index is 4.26. The number of aromatic nitrogens is 2. The summed E-state index contributed by atoms with van der Waals surface area (Å²) in [5.41, 5.74) is 1.46. The lowest BCUT2D eigenvalue weighted by Crippen LogP contribution is -2.26. The van der Waals surface area contributed by atoms with Gasteiger partial charge in [0.05, 0.1) is 12.0 Å². The molecule has 0 radical (unpaired) electrons. The van der Waals surface area contributed by atoms with E-state index in [1.54, 1.807) is 0 Å². The average Bonchev–Trinajstić information content (AvgIpc) is 2.73. The zero-order valence-electron chi connectivity index (χ0n) is 9.25. The van der Waals surface area contributed by atoms with Crippen LogP contribution in [0, 0.1) is 0 Å². The van der Waals surface area contributed by atoms with Gasteiger partial charge in [-0.1, -0.05) is 0 Å². The first kappa shape index (κ1) is 9.71. The summed E-state index contributed by atoms with van der Waals surface area (Å²) in [6, 6.07) is 0.511. The van der Waals surface area contributed by atoms with Crippen molar-refractivity contribution in [2.75, 3.05) is 6.54 Å². The van der Waals surface area contributed by atoms with E-state index in [0.717, 1.165) is 6.54 Å². The molecule has 1 unspecified atom stereocenters. The second-order valence-electron chi connectivity index (χ2n) is 5.01. The summed E-state index contributed by atoms with van der Waals surface area (Å²) in [4.78, 5) is 4.26. The van der Waals surface area contributed by atoms with Crippen molar-refractivity contribution in [3.63, 3.8) is 0 Å². The maximum absolute atomic E-state index is 4.26. The molecule has 1 saturated heterocycles. The molecule has 1 fully saturated rings. The maximum Gasteiger partial charge on any atom is 0.0953 e. The lowest BCUT2D eigenvalue weighted by molar-refractivity contribution is 0.371. The van der Waals surface area contributed by atoms with Gasteiger partial charge in [-0.25, -0.2) is 4.98 Å². The predicted molar refractivity (Wildman–Crippen MR) is 57.2 cm³/mol. The van der Waals surface area contributed by atoms with Crippen molar-refractivity contribution in [1.29, 1.82) is 0 Å². The molecule has 0 spiro atoms. The smallest absolute Gasteiger partial charge is 0.0953 e. The number of hydrogen-bond donors (Lipinski definition) is 1. The Morgan fingerprint density at radius 3 is 2.86 bits per heavy atom. The molecule has 1 N–H and O–H groups in total. The normalized spacial score (nSPS) is 22.9. The van der Waals surface area contributed by atoms with Gasteiger partial charge in [0.1, 0.15) is 0 Å². The fourth-order valence-electron chi connectivity index (χ4n) is 2.06. The Morgan fingerprint density at radius 2 is 2.29 bits per heavy atom. The highest BCUT2D eigenvalue weighted by molar-refractivity contribution is 5.09. The third kappa shape index (κ3) is 1.69. The molecule has 2 rings (SSSR count). The van der Waals surface area contributed by atoms with E-state index >= 15 is 0 Å². The van der Waals surface area contributed by atoms with Crippen molar-refractivity contribution in [3.8, 4) is 0 Å². The molecular formula is C11H19N3. The van der Waals surface area contributed by atoms with Gasteiger partial charge in [0.25, 0.3) is 0 Å². The minimum Gasteiger partial charge on any atom is -0.328 e. The van der Waals surface area contributed by atoms with Crippen molar-refractivity contribution in [1.82, 2.24) is 14.9 Å². The topological polar surface area (TPSA) is 29.9 Å². The lowest BCUT2D eigenvalue weighted by Gasteiger charge is -2.25. The summed E-state index contributed by atoms with van der Waals surface area (Å²) in [6.45, 7) is 7.79. The number of nitrogens with zero attached hydrogens (tertiary/aromatic N) is 2. The SMILES string of the molecule is CC(C)(C)n1cncc1C1CCCN1. The molecule has 0 amide bonds. The van der Waals surface area contributed by atoms with Crippen LogP contribution in [-0.4, -0.2) is 16.1 Å². The molecule has 3 heteroatoms. The molecule has 2 heterocycles. The fourth-order valence-corrected chi connectivity index (χ4v) is 2.06. The van der Waals surface area contributed by atoms with E-state index in [2.05, 4.69) is 35.6 Å². The molecule has 0 bridgehead atoms. The van der Waals surface area contributed by atoms with E-state index in [4.69, 9.17) is 0 Å². The second kappa shape index (κ2) is 3.39. The molecule has 1 aliphatic heterocycles. The molecule has 1 atom stereocenters. The minimum absolute atomic E-state index is 0.135. The Labute approximate surface area is 85.5 Å². The number of rotatable bonds is 1. The van der Waals surface area contributed by atoms with Gasteiger partial charge in [-0.2, -0.15) is 0 Å². The average molecular weight is 193 g/mol. The number of hydrogen-bond acceptors (Lipinski definition) is 2. The molecule has 0 aliphatic carbocycles. The number of nitrogens with one attached hydrogen (secondary N) is 1. The van der Waals surface area contributed by atoms with Crippen LogP contribution in [0.1, 0.15) is 45.3 Å². The second-order valence-corrected chi connectivity index (χ2v) is 5.01. The Hall–Kier alpha value is -0.830. The number of imidazole rings is 1. The monoisotopic (exact) mass is 193 g/mol.